The van der Waals surface area contributed by atoms with E-state index in [0.29, 0.717) is 11.7 Å². The minimum atomic E-state index is 0.430. The molecule has 2 heteroatoms. The second-order valence-electron chi connectivity index (χ2n) is 3.69. The van der Waals surface area contributed by atoms with Crippen LogP contribution in [0.2, 0.25) is 0 Å². The quantitative estimate of drug-likeness (QED) is 0.560. The van der Waals surface area contributed by atoms with Crippen molar-refractivity contribution in [1.29, 1.82) is 0 Å². The molecule has 0 saturated heterocycles. The number of Topliss-reactive ketones (excluding diaryl/α,β-unsaturated/α-hetero) is 1. The largest absolute Gasteiger partial charge is 0.299 e. The van der Waals surface area contributed by atoms with Gasteiger partial charge in [0.15, 0.2) is 0 Å². The third-order valence-corrected chi connectivity index (χ3v) is 3.19. The number of rotatable bonds is 8. The Kier molecular flexibility index (Phi) is 8.62. The Bertz CT molecular complexity index is 134. The maximum absolute atomic E-state index is 11.4. The molecule has 0 saturated carbocycles. The van der Waals surface area contributed by atoms with Crippen LogP contribution in [0.15, 0.2) is 0 Å². The van der Waals surface area contributed by atoms with Crippen LogP contribution in [0.25, 0.3) is 0 Å². The number of hydrogen-bond acceptors (Lipinski definition) is 2. The lowest BCUT2D eigenvalue weighted by Crippen LogP contribution is -2.08. The van der Waals surface area contributed by atoms with Crippen LogP contribution in [0, 0.1) is 5.92 Å². The summed E-state index contributed by atoms with van der Waals surface area (Å²) in [6.07, 6.45) is 4.33. The highest BCUT2D eigenvalue weighted by Crippen LogP contribution is 2.12. The van der Waals surface area contributed by atoms with Crippen LogP contribution >= 0.6 is 11.8 Å². The monoisotopic (exact) mass is 202 g/mol. The second kappa shape index (κ2) is 8.61. The van der Waals surface area contributed by atoms with Gasteiger partial charge in [0, 0.05) is 6.42 Å². The minimum absolute atomic E-state index is 0.430. The molecule has 0 aliphatic rings. The number of carbonyl (C=O) groups is 1. The highest BCUT2D eigenvalue weighted by atomic mass is 32.2. The van der Waals surface area contributed by atoms with Gasteiger partial charge in [-0.25, -0.2) is 0 Å². The van der Waals surface area contributed by atoms with Gasteiger partial charge in [-0.2, -0.15) is 11.8 Å². The molecule has 0 aliphatic carbocycles. The second-order valence-corrected chi connectivity index (χ2v) is 4.79. The van der Waals surface area contributed by atoms with Gasteiger partial charge >= 0.3 is 0 Å². The first-order valence-electron chi connectivity index (χ1n) is 5.30. The molecule has 0 amide bonds. The zero-order valence-electron chi connectivity index (χ0n) is 9.14. The lowest BCUT2D eigenvalue weighted by molar-refractivity contribution is -0.117. The van der Waals surface area contributed by atoms with Gasteiger partial charge in [-0.15, -0.1) is 0 Å². The Hall–Kier alpha value is 0.0200. The summed E-state index contributed by atoms with van der Waals surface area (Å²) < 4.78 is 0. The van der Waals surface area contributed by atoms with Crippen LogP contribution in [0.4, 0.5) is 0 Å². The van der Waals surface area contributed by atoms with Crippen molar-refractivity contribution in [3.8, 4) is 0 Å². The molecule has 13 heavy (non-hydrogen) atoms. The number of thioether (sulfide) groups is 1. The van der Waals surface area contributed by atoms with Crippen LogP contribution in [0.3, 0.4) is 0 Å². The fraction of sp³-hybridized carbons (Fsp3) is 0.909. The summed E-state index contributed by atoms with van der Waals surface area (Å²) in [6.45, 7) is 6.50. The van der Waals surface area contributed by atoms with Crippen LogP contribution in [-0.2, 0) is 4.79 Å². The van der Waals surface area contributed by atoms with E-state index in [9.17, 15) is 4.79 Å². The predicted octanol–water partition coefficient (Wildman–Crippen LogP) is 3.53. The van der Waals surface area contributed by atoms with Crippen LogP contribution < -0.4 is 0 Å². The van der Waals surface area contributed by atoms with Crippen molar-refractivity contribution < 1.29 is 4.79 Å². The number of hydrogen-bond donors (Lipinski definition) is 0. The molecule has 0 heterocycles. The molecule has 1 atom stereocenters. The highest BCUT2D eigenvalue weighted by molar-refractivity contribution is 7.99. The zero-order chi connectivity index (χ0) is 10.1. The Morgan fingerprint density at radius 3 is 2.54 bits per heavy atom. The van der Waals surface area contributed by atoms with E-state index in [1.54, 1.807) is 11.8 Å². The Morgan fingerprint density at radius 2 is 2.00 bits per heavy atom. The maximum Gasteiger partial charge on any atom is 0.143 e. The standard InChI is InChI=1S/C11H22OS/c1-4-6-10(3)8-11(12)9-13-7-5-2/h10H,4-9H2,1-3H3. The van der Waals surface area contributed by atoms with Gasteiger partial charge in [0.25, 0.3) is 0 Å². The van der Waals surface area contributed by atoms with Crippen molar-refractivity contribution in [3.05, 3.63) is 0 Å². The van der Waals surface area contributed by atoms with Gasteiger partial charge in [-0.05, 0) is 18.1 Å². The van der Waals surface area contributed by atoms with Crippen LogP contribution in [0.1, 0.15) is 46.5 Å². The molecule has 0 fully saturated rings. The van der Waals surface area contributed by atoms with E-state index in [1.165, 1.54) is 19.3 Å². The molecule has 0 N–H and O–H groups in total. The minimum Gasteiger partial charge on any atom is -0.299 e. The first kappa shape index (κ1) is 13.0. The molecule has 1 unspecified atom stereocenters. The summed E-state index contributed by atoms with van der Waals surface area (Å²) in [6, 6.07) is 0. The molecule has 0 radical (unpaired) electrons. The molecular formula is C11H22OS. The number of carbonyl (C=O) groups excluding carboxylic acids is 1. The van der Waals surface area contributed by atoms with Crippen molar-refractivity contribution >= 4 is 17.5 Å². The molecule has 0 spiro atoms. The highest BCUT2D eigenvalue weighted by Gasteiger charge is 2.07. The van der Waals surface area contributed by atoms with Gasteiger partial charge < -0.3 is 0 Å². The molecule has 0 aromatic carbocycles. The normalized spacial score (nSPS) is 12.8. The lowest BCUT2D eigenvalue weighted by atomic mass is 10.0. The molecular weight excluding hydrogens is 180 g/mol. The molecule has 78 valence electrons. The topological polar surface area (TPSA) is 17.1 Å². The third kappa shape index (κ3) is 8.35. The average Bonchev–Trinajstić information content (AvgIpc) is 2.05. The van der Waals surface area contributed by atoms with Gasteiger partial charge in [0.1, 0.15) is 5.78 Å². The first-order valence-corrected chi connectivity index (χ1v) is 6.45. The Labute approximate surface area is 86.7 Å². The van der Waals surface area contributed by atoms with Gasteiger partial charge in [0.05, 0.1) is 5.75 Å². The van der Waals surface area contributed by atoms with Crippen molar-refractivity contribution in [2.45, 2.75) is 46.5 Å². The van der Waals surface area contributed by atoms with Crippen LogP contribution in [0.5, 0.6) is 0 Å². The van der Waals surface area contributed by atoms with Crippen molar-refractivity contribution in [1.82, 2.24) is 0 Å². The summed E-state index contributed by atoms with van der Waals surface area (Å²) in [5.74, 6) is 2.86. The fourth-order valence-corrected chi connectivity index (χ4v) is 2.15. The Morgan fingerprint density at radius 1 is 1.31 bits per heavy atom. The van der Waals surface area contributed by atoms with Crippen molar-refractivity contribution in [2.75, 3.05) is 11.5 Å². The van der Waals surface area contributed by atoms with E-state index >= 15 is 0 Å². The smallest absolute Gasteiger partial charge is 0.143 e. The van der Waals surface area contributed by atoms with E-state index in [4.69, 9.17) is 0 Å². The third-order valence-electron chi connectivity index (χ3n) is 1.97. The van der Waals surface area contributed by atoms with Gasteiger partial charge in [-0.1, -0.05) is 33.6 Å². The van der Waals surface area contributed by atoms with Crippen LogP contribution in [-0.4, -0.2) is 17.3 Å². The van der Waals surface area contributed by atoms with E-state index in [0.717, 1.165) is 17.9 Å². The molecule has 1 nitrogen and oxygen atoms in total. The Balaban J connectivity index is 3.38. The van der Waals surface area contributed by atoms with Gasteiger partial charge in [0.2, 0.25) is 0 Å². The molecule has 0 aromatic heterocycles. The SMILES string of the molecule is CCCSCC(=O)CC(C)CCC. The van der Waals surface area contributed by atoms with Gasteiger partial charge in [-0.3, -0.25) is 4.79 Å². The van der Waals surface area contributed by atoms with Crippen molar-refractivity contribution in [3.63, 3.8) is 0 Å². The maximum atomic E-state index is 11.4. The summed E-state index contributed by atoms with van der Waals surface area (Å²) in [4.78, 5) is 11.4. The summed E-state index contributed by atoms with van der Waals surface area (Å²) >= 11 is 1.77. The number of ketones is 1. The van der Waals surface area contributed by atoms with E-state index < -0.39 is 0 Å². The fourth-order valence-electron chi connectivity index (χ4n) is 1.37. The molecule has 0 bridgehead atoms. The molecule has 0 rings (SSSR count). The molecule has 0 aromatic rings. The molecule has 0 aliphatic heterocycles. The van der Waals surface area contributed by atoms with Crippen molar-refractivity contribution in [2.24, 2.45) is 5.92 Å². The predicted molar refractivity (Wildman–Crippen MR) is 61.3 cm³/mol. The van der Waals surface area contributed by atoms with E-state index in [2.05, 4.69) is 20.8 Å². The lowest BCUT2D eigenvalue weighted by Gasteiger charge is -2.07. The summed E-state index contributed by atoms with van der Waals surface area (Å²) in [5.41, 5.74) is 0. The summed E-state index contributed by atoms with van der Waals surface area (Å²) in [5, 5.41) is 0. The first-order chi connectivity index (χ1) is 6.20. The summed E-state index contributed by atoms with van der Waals surface area (Å²) in [7, 11) is 0. The van der Waals surface area contributed by atoms with E-state index in [1.807, 2.05) is 0 Å². The average molecular weight is 202 g/mol. The zero-order valence-corrected chi connectivity index (χ0v) is 9.95. The van der Waals surface area contributed by atoms with E-state index in [-0.39, 0.29) is 0 Å².